The van der Waals surface area contributed by atoms with Gasteiger partial charge in [-0.2, -0.15) is 0 Å². The normalized spacial score (nSPS) is 10.6. The van der Waals surface area contributed by atoms with E-state index >= 15 is 0 Å². The van der Waals surface area contributed by atoms with Crippen LogP contribution in [-0.2, 0) is 0 Å². The smallest absolute Gasteiger partial charge is 0.248 e. The molecule has 3 rings (SSSR count). The van der Waals surface area contributed by atoms with Crippen LogP contribution in [0.4, 0.5) is 0 Å². The Hall–Kier alpha value is -2.49. The summed E-state index contributed by atoms with van der Waals surface area (Å²) in [6.07, 6.45) is 5.14. The van der Waals surface area contributed by atoms with Gasteiger partial charge in [0.2, 0.25) is 5.56 Å². The Morgan fingerprint density at radius 1 is 0.941 bits per heavy atom. The van der Waals surface area contributed by atoms with Gasteiger partial charge in [-0.1, -0.05) is 0 Å². The van der Waals surface area contributed by atoms with Crippen LogP contribution < -0.4 is 5.56 Å². The molecule has 0 spiro atoms. The van der Waals surface area contributed by atoms with Crippen LogP contribution in [0.5, 0.6) is 0 Å². The number of nitrogens with one attached hydrogen (secondary N) is 1. The third kappa shape index (κ3) is 1.69. The van der Waals surface area contributed by atoms with Crippen molar-refractivity contribution >= 4 is 10.9 Å². The average molecular weight is 223 g/mol. The van der Waals surface area contributed by atoms with E-state index in [9.17, 15) is 4.79 Å². The fourth-order valence-corrected chi connectivity index (χ4v) is 1.82. The molecule has 17 heavy (non-hydrogen) atoms. The van der Waals surface area contributed by atoms with E-state index in [4.69, 9.17) is 0 Å². The molecule has 0 atom stereocenters. The summed E-state index contributed by atoms with van der Waals surface area (Å²) in [6.45, 7) is 0. The molecule has 0 aromatic carbocycles. The number of aromatic nitrogens is 3. The molecule has 3 aromatic heterocycles. The molecule has 0 amide bonds. The average Bonchev–Trinajstić information content (AvgIpc) is 2.39. The molecule has 0 aliphatic rings. The second kappa shape index (κ2) is 3.83. The molecule has 0 unspecified atom stereocenters. The molecule has 4 heteroatoms. The molecule has 0 saturated heterocycles. The Balaban J connectivity index is 2.34. The van der Waals surface area contributed by atoms with Crippen LogP contribution in [0.15, 0.2) is 53.7 Å². The first-order chi connectivity index (χ1) is 8.34. The minimum atomic E-state index is -0.107. The summed E-state index contributed by atoms with van der Waals surface area (Å²) in [6, 6.07) is 8.88. The molecule has 0 radical (unpaired) electrons. The van der Waals surface area contributed by atoms with Crippen molar-refractivity contribution in [2.24, 2.45) is 0 Å². The van der Waals surface area contributed by atoms with Gasteiger partial charge in [-0.15, -0.1) is 0 Å². The van der Waals surface area contributed by atoms with Gasteiger partial charge in [-0.25, -0.2) is 0 Å². The fourth-order valence-electron chi connectivity index (χ4n) is 1.82. The van der Waals surface area contributed by atoms with Crippen molar-refractivity contribution in [1.82, 2.24) is 15.0 Å². The van der Waals surface area contributed by atoms with Crippen LogP contribution in [0.2, 0.25) is 0 Å². The van der Waals surface area contributed by atoms with Gasteiger partial charge in [0, 0.05) is 35.6 Å². The highest BCUT2D eigenvalue weighted by Crippen LogP contribution is 2.23. The van der Waals surface area contributed by atoms with Crippen molar-refractivity contribution in [3.8, 4) is 11.3 Å². The lowest BCUT2D eigenvalue weighted by atomic mass is 10.1. The minimum absolute atomic E-state index is 0.107. The molecule has 1 N–H and O–H groups in total. The third-order valence-corrected chi connectivity index (χ3v) is 2.60. The number of hydrogen-bond donors (Lipinski definition) is 1. The van der Waals surface area contributed by atoms with Crippen molar-refractivity contribution < 1.29 is 0 Å². The van der Waals surface area contributed by atoms with E-state index in [1.807, 2.05) is 12.1 Å². The standard InChI is InChI=1S/C13H9N3O/c17-12-2-1-10-11(16-12)5-8-15-13(10)9-3-6-14-7-4-9/h1-8H,(H,16,17). The summed E-state index contributed by atoms with van der Waals surface area (Å²) in [5, 5.41) is 0.929. The monoisotopic (exact) mass is 223 g/mol. The Morgan fingerprint density at radius 3 is 2.59 bits per heavy atom. The maximum absolute atomic E-state index is 11.2. The highest BCUT2D eigenvalue weighted by molar-refractivity contribution is 5.91. The van der Waals surface area contributed by atoms with Crippen molar-refractivity contribution in [2.45, 2.75) is 0 Å². The van der Waals surface area contributed by atoms with Crippen LogP contribution in [-0.4, -0.2) is 15.0 Å². The van der Waals surface area contributed by atoms with E-state index in [1.165, 1.54) is 6.07 Å². The van der Waals surface area contributed by atoms with E-state index in [1.54, 1.807) is 30.7 Å². The highest BCUT2D eigenvalue weighted by Gasteiger charge is 2.04. The lowest BCUT2D eigenvalue weighted by Crippen LogP contribution is -2.03. The largest absolute Gasteiger partial charge is 0.322 e. The molecule has 4 nitrogen and oxygen atoms in total. The van der Waals surface area contributed by atoms with Crippen molar-refractivity contribution in [2.75, 3.05) is 0 Å². The SMILES string of the molecule is O=c1ccc2c(-c3ccncc3)nccc2[nH]1. The van der Waals surface area contributed by atoms with Crippen LogP contribution in [0.3, 0.4) is 0 Å². The van der Waals surface area contributed by atoms with Crippen molar-refractivity contribution in [3.63, 3.8) is 0 Å². The zero-order chi connectivity index (χ0) is 11.7. The predicted molar refractivity (Wildman–Crippen MR) is 65.6 cm³/mol. The molecule has 3 aromatic rings. The second-order valence-corrected chi connectivity index (χ2v) is 3.68. The molecule has 82 valence electrons. The lowest BCUT2D eigenvalue weighted by Gasteiger charge is -2.04. The summed E-state index contributed by atoms with van der Waals surface area (Å²) in [4.78, 5) is 22.4. The van der Waals surface area contributed by atoms with Crippen LogP contribution >= 0.6 is 0 Å². The van der Waals surface area contributed by atoms with Gasteiger partial charge >= 0.3 is 0 Å². The quantitative estimate of drug-likeness (QED) is 0.686. The lowest BCUT2D eigenvalue weighted by molar-refractivity contribution is 1.27. The van der Waals surface area contributed by atoms with Gasteiger partial charge in [0.1, 0.15) is 0 Å². The van der Waals surface area contributed by atoms with Gasteiger partial charge in [0.05, 0.1) is 11.2 Å². The number of rotatable bonds is 1. The van der Waals surface area contributed by atoms with E-state index in [2.05, 4.69) is 15.0 Å². The second-order valence-electron chi connectivity index (χ2n) is 3.68. The van der Waals surface area contributed by atoms with Crippen molar-refractivity contribution in [1.29, 1.82) is 0 Å². The first-order valence-electron chi connectivity index (χ1n) is 5.23. The zero-order valence-corrected chi connectivity index (χ0v) is 8.92. The van der Waals surface area contributed by atoms with Crippen LogP contribution in [0.1, 0.15) is 0 Å². The van der Waals surface area contributed by atoms with E-state index in [0.29, 0.717) is 0 Å². The Kier molecular flexibility index (Phi) is 2.19. The van der Waals surface area contributed by atoms with Gasteiger partial charge in [0.15, 0.2) is 0 Å². The minimum Gasteiger partial charge on any atom is -0.322 e. The van der Waals surface area contributed by atoms with Crippen molar-refractivity contribution in [3.05, 3.63) is 59.3 Å². The summed E-state index contributed by atoms with van der Waals surface area (Å²) in [5.41, 5.74) is 2.52. The Labute approximate surface area is 97.0 Å². The molecule has 0 aliphatic carbocycles. The molecule has 0 aliphatic heterocycles. The molecule has 0 fully saturated rings. The number of H-pyrrole nitrogens is 1. The van der Waals surface area contributed by atoms with Crippen LogP contribution in [0.25, 0.3) is 22.2 Å². The molecule has 0 saturated carbocycles. The maximum Gasteiger partial charge on any atom is 0.248 e. The van der Waals surface area contributed by atoms with Gasteiger partial charge in [-0.05, 0) is 24.3 Å². The Bertz CT molecular complexity index is 719. The number of pyridine rings is 3. The maximum atomic E-state index is 11.2. The first kappa shape index (κ1) is 9.72. The summed E-state index contributed by atoms with van der Waals surface area (Å²) in [7, 11) is 0. The van der Waals surface area contributed by atoms with Gasteiger partial charge in [0.25, 0.3) is 0 Å². The third-order valence-electron chi connectivity index (χ3n) is 2.60. The summed E-state index contributed by atoms with van der Waals surface area (Å²) < 4.78 is 0. The van der Waals surface area contributed by atoms with E-state index < -0.39 is 0 Å². The topological polar surface area (TPSA) is 58.6 Å². The highest BCUT2D eigenvalue weighted by atomic mass is 16.1. The molecule has 0 bridgehead atoms. The molecular weight excluding hydrogens is 214 g/mol. The van der Waals surface area contributed by atoms with Crippen LogP contribution in [0, 0.1) is 0 Å². The predicted octanol–water partition coefficient (Wildman–Crippen LogP) is 1.99. The zero-order valence-electron chi connectivity index (χ0n) is 8.92. The number of aromatic amines is 1. The number of hydrogen-bond acceptors (Lipinski definition) is 3. The first-order valence-corrected chi connectivity index (χ1v) is 5.23. The molecule has 3 heterocycles. The number of nitrogens with zero attached hydrogens (tertiary/aromatic N) is 2. The van der Waals surface area contributed by atoms with Gasteiger partial charge in [-0.3, -0.25) is 14.8 Å². The van der Waals surface area contributed by atoms with E-state index in [0.717, 1.165) is 22.2 Å². The summed E-state index contributed by atoms with van der Waals surface area (Å²) >= 11 is 0. The van der Waals surface area contributed by atoms with Gasteiger partial charge < -0.3 is 4.98 Å². The molecular formula is C13H9N3O. The Morgan fingerprint density at radius 2 is 1.76 bits per heavy atom. The fraction of sp³-hybridized carbons (Fsp3) is 0. The van der Waals surface area contributed by atoms with E-state index in [-0.39, 0.29) is 5.56 Å². The summed E-state index contributed by atoms with van der Waals surface area (Å²) in [5.74, 6) is 0. The number of fused-ring (bicyclic) bond motifs is 1.